The molecule has 1 aliphatic carbocycles. The number of nitrogens with zero attached hydrogens (tertiary/aromatic N) is 1. The Labute approximate surface area is 479 Å². The van der Waals surface area contributed by atoms with Gasteiger partial charge in [-0.3, -0.25) is 19.2 Å². The molecule has 0 unspecified atom stereocenters. The van der Waals surface area contributed by atoms with E-state index < -0.39 is 95.4 Å². The number of ether oxygens (including phenoxy) is 9. The fourth-order valence-corrected chi connectivity index (χ4v) is 11.1. The highest BCUT2D eigenvalue weighted by Gasteiger charge is 2.53. The van der Waals surface area contributed by atoms with Gasteiger partial charge in [-0.1, -0.05) is 64.2 Å². The van der Waals surface area contributed by atoms with Crippen LogP contribution < -0.4 is 11.1 Å². The Balaban J connectivity index is 1.53. The van der Waals surface area contributed by atoms with Crippen LogP contribution in [-0.4, -0.2) is 196 Å². The van der Waals surface area contributed by atoms with Gasteiger partial charge in [0.1, 0.15) is 36.2 Å². The van der Waals surface area contributed by atoms with Crippen LogP contribution in [0, 0.1) is 29.6 Å². The van der Waals surface area contributed by atoms with Crippen LogP contribution in [0.5, 0.6) is 0 Å². The minimum Gasteiger partial charge on any atom is -0.465 e. The van der Waals surface area contributed by atoms with E-state index in [1.165, 1.54) is 13.0 Å². The van der Waals surface area contributed by atoms with Gasteiger partial charge in [0.25, 0.3) is 16.9 Å². The summed E-state index contributed by atoms with van der Waals surface area (Å²) in [6, 6.07) is -2.14. The number of fused-ring (bicyclic) bond motifs is 3. The molecule has 15 atom stereocenters. The number of nitrogens with two attached hydrogens (primary N) is 1. The lowest BCUT2D eigenvalue weighted by Gasteiger charge is -2.42. The van der Waals surface area contributed by atoms with Crippen molar-refractivity contribution < 1.29 is 81.9 Å². The highest BCUT2D eigenvalue weighted by atomic mass is 32.1. The van der Waals surface area contributed by atoms with Crippen molar-refractivity contribution in [2.45, 2.75) is 179 Å². The number of hydrogen-bond donors (Lipinski definition) is 5. The van der Waals surface area contributed by atoms with E-state index in [0.29, 0.717) is 111 Å². The molecule has 20 nitrogen and oxygen atoms in total. The molecule has 21 heteroatoms. The summed E-state index contributed by atoms with van der Waals surface area (Å²) in [6.07, 6.45) is 8.78. The monoisotopic (exact) mass is 1150 g/mol. The van der Waals surface area contributed by atoms with Crippen molar-refractivity contribution in [1.82, 2.24) is 10.2 Å². The van der Waals surface area contributed by atoms with Gasteiger partial charge >= 0.3 is 5.97 Å². The van der Waals surface area contributed by atoms with E-state index in [1.54, 1.807) is 42.1 Å². The number of carbonyl (C=O) groups excluding carboxylic acids is 5. The Bertz CT molecular complexity index is 2110. The quantitative estimate of drug-likeness (QED) is 0.0405. The van der Waals surface area contributed by atoms with Crippen LogP contribution in [0.25, 0.3) is 0 Å². The second-order valence-electron chi connectivity index (χ2n) is 22.2. The molecule has 0 aromatic heterocycles. The van der Waals surface area contributed by atoms with Gasteiger partial charge in [-0.25, -0.2) is 4.79 Å². The molecule has 3 aliphatic heterocycles. The molecule has 0 radical (unpaired) electrons. The van der Waals surface area contributed by atoms with E-state index in [1.807, 2.05) is 44.2 Å². The number of thiocarbonyl (C=S) groups is 1. The first-order chi connectivity index (χ1) is 38.1. The van der Waals surface area contributed by atoms with Gasteiger partial charge in [-0.15, -0.1) is 0 Å². The molecular weight excluding hydrogens is 1050 g/mol. The molecule has 3 fully saturated rings. The molecule has 0 aromatic rings. The van der Waals surface area contributed by atoms with Crippen molar-refractivity contribution >= 4 is 46.6 Å². The second kappa shape index (κ2) is 35.3. The van der Waals surface area contributed by atoms with Crippen LogP contribution >= 0.6 is 12.2 Å². The molecule has 2 saturated heterocycles. The summed E-state index contributed by atoms with van der Waals surface area (Å²) in [6.45, 7) is 13.9. The van der Waals surface area contributed by atoms with Gasteiger partial charge in [0.15, 0.2) is 5.78 Å². The van der Waals surface area contributed by atoms with Gasteiger partial charge in [0.05, 0.1) is 64.6 Å². The van der Waals surface area contributed by atoms with Crippen molar-refractivity contribution in [3.05, 3.63) is 47.6 Å². The van der Waals surface area contributed by atoms with Crippen LogP contribution in [0.3, 0.4) is 0 Å². The normalized spacial score (nSPS) is 34.9. The number of aliphatic hydroxyl groups excluding tert-OH is 2. The van der Waals surface area contributed by atoms with E-state index in [9.17, 15) is 39.3 Å². The molecule has 4 aliphatic rings. The zero-order chi connectivity index (χ0) is 58.9. The summed E-state index contributed by atoms with van der Waals surface area (Å²) >= 11 is 5.51. The lowest BCUT2D eigenvalue weighted by molar-refractivity contribution is -0.265. The van der Waals surface area contributed by atoms with Crippen molar-refractivity contribution in [1.29, 1.82) is 0 Å². The fourth-order valence-electron chi connectivity index (χ4n) is 10.9. The zero-order valence-electron chi connectivity index (χ0n) is 48.9. The molecule has 1 amide bonds. The van der Waals surface area contributed by atoms with E-state index >= 15 is 0 Å². The number of piperidine rings is 1. The topological polar surface area (TPSA) is 270 Å². The number of amides is 1. The average Bonchev–Trinajstić information content (AvgIpc) is 3.45. The maximum Gasteiger partial charge on any atom is 0.329 e. The van der Waals surface area contributed by atoms with Crippen molar-refractivity contribution in [2.75, 3.05) is 80.7 Å². The number of nitrogens with one attached hydrogen (secondary N) is 1. The average molecular weight is 1150 g/mol. The number of cyclic esters (lactones) is 1. The summed E-state index contributed by atoms with van der Waals surface area (Å²) in [5, 5.41) is 37.6. The van der Waals surface area contributed by atoms with Gasteiger partial charge in [-0.2, -0.15) is 0 Å². The molecule has 2 bridgehead atoms. The van der Waals surface area contributed by atoms with E-state index in [0.717, 1.165) is 10.5 Å². The SMILES string of the molecule is COCCOCCOCCOCCNC(=S)O[C@@H]1CC[C@@H](C[C@@H](N)[C@@H]2CC(=O)[C@H](C)/C=C(\C)[C@@H](O)[C@@H](O)C(=O)[C@H](C)C[C@H](C)/C=C/C=C/C=C(\C)[C@@H](OC)C[C@@H]3CC[C@@H](C)[C@@](O)(O3)C(=O)C(=O)N3CCCC[C@H]3C(=O)O2)C[C@H]1OC. The maximum absolute atomic E-state index is 14.5. The van der Waals surface area contributed by atoms with Crippen LogP contribution in [-0.2, 0) is 66.6 Å². The van der Waals surface area contributed by atoms with Crippen molar-refractivity contribution in [2.24, 2.45) is 35.3 Å². The molecule has 0 spiro atoms. The van der Waals surface area contributed by atoms with Crippen LogP contribution in [0.2, 0.25) is 0 Å². The Morgan fingerprint density at radius 1 is 0.812 bits per heavy atom. The number of ketones is 3. The minimum absolute atomic E-state index is 0.0285. The molecule has 4 rings (SSSR count). The van der Waals surface area contributed by atoms with E-state index in [2.05, 4.69) is 5.32 Å². The molecular formula is C59H95N3O17S. The second-order valence-corrected chi connectivity index (χ2v) is 22.6. The Hall–Kier alpha value is -3.84. The predicted molar refractivity (Wildman–Crippen MR) is 303 cm³/mol. The van der Waals surface area contributed by atoms with Gasteiger partial charge < -0.3 is 73.9 Å². The van der Waals surface area contributed by atoms with Gasteiger partial charge in [-0.05, 0) is 113 Å². The number of carbonyl (C=O) groups is 5. The Morgan fingerprint density at radius 2 is 1.50 bits per heavy atom. The van der Waals surface area contributed by atoms with Crippen molar-refractivity contribution in [3.8, 4) is 0 Å². The summed E-state index contributed by atoms with van der Waals surface area (Å²) in [4.78, 5) is 72.1. The standard InChI is InChI=1S/C59H95N3O17S/c1-37-15-11-10-12-16-38(2)49(72-8)35-44-20-18-42(6)59(70,79-44)55(67)56(68)62-23-14-13-17-46(62)57(69)77-50(36-47(63)39(3)32-41(5)53(65)54(66)52(64)40(4)31-37)45(60)33-43-19-21-48(51(34-43)73-9)78-58(80)61-22-24-74-27-28-76-30-29-75-26-25-71-7/h10-12,15-16,32,37,39-40,42-46,48-51,53-54,65-66,70H,13-14,17-31,33-36,60H2,1-9H3,(H,61,80)/b12-10+,15-11+,38-16+,41-32+/t37-,39-,40-,42-,43+,44+,45-,46+,48-,49+,50+,51-,53-,54+,59-/m1/s1. The van der Waals surface area contributed by atoms with E-state index in [4.69, 9.17) is 60.6 Å². The van der Waals surface area contributed by atoms with Crippen LogP contribution in [0.4, 0.5) is 0 Å². The number of Topliss-reactive ketones (excluding diaryl/α,β-unsaturated/α-hetero) is 3. The Kier molecular flexibility index (Phi) is 30.3. The van der Waals surface area contributed by atoms with Crippen molar-refractivity contribution in [3.63, 3.8) is 0 Å². The highest BCUT2D eigenvalue weighted by Crippen LogP contribution is 2.37. The summed E-state index contributed by atoms with van der Waals surface area (Å²) in [7, 11) is 4.76. The number of hydrogen-bond acceptors (Lipinski definition) is 19. The first-order valence-corrected chi connectivity index (χ1v) is 29.1. The molecule has 454 valence electrons. The lowest BCUT2D eigenvalue weighted by Crippen LogP contribution is -2.61. The minimum atomic E-state index is -2.48. The number of esters is 1. The molecule has 1 saturated carbocycles. The number of methoxy groups -OCH3 is 3. The van der Waals surface area contributed by atoms with Gasteiger partial charge in [0.2, 0.25) is 5.79 Å². The third-order valence-electron chi connectivity index (χ3n) is 15.9. The molecule has 80 heavy (non-hydrogen) atoms. The van der Waals surface area contributed by atoms with Crippen LogP contribution in [0.1, 0.15) is 119 Å². The van der Waals surface area contributed by atoms with E-state index in [-0.39, 0.29) is 60.6 Å². The smallest absolute Gasteiger partial charge is 0.329 e. The molecule has 0 aromatic carbocycles. The summed E-state index contributed by atoms with van der Waals surface area (Å²) in [5.74, 6) is -8.91. The lowest BCUT2D eigenvalue weighted by atomic mass is 9.80. The maximum atomic E-state index is 14.5. The summed E-state index contributed by atoms with van der Waals surface area (Å²) in [5.41, 5.74) is 8.04. The number of allylic oxidation sites excluding steroid dienone is 6. The summed E-state index contributed by atoms with van der Waals surface area (Å²) < 4.78 is 51.7. The highest BCUT2D eigenvalue weighted by molar-refractivity contribution is 7.80. The first kappa shape index (κ1) is 68.7. The third-order valence-corrected chi connectivity index (χ3v) is 16.2. The number of aliphatic hydroxyl groups is 3. The molecule has 3 heterocycles. The largest absolute Gasteiger partial charge is 0.465 e. The first-order valence-electron chi connectivity index (χ1n) is 28.7. The predicted octanol–water partition coefficient (Wildman–Crippen LogP) is 4.81. The zero-order valence-corrected chi connectivity index (χ0v) is 49.7. The fraction of sp³-hybridized carbons (Fsp3) is 0.763. The third kappa shape index (κ3) is 21.4. The Morgan fingerprint density at radius 3 is 2.17 bits per heavy atom. The number of rotatable bonds is 18. The van der Waals surface area contributed by atoms with Gasteiger partial charge in [0, 0.05) is 71.1 Å². The molecule has 6 N–H and O–H groups in total. The van der Waals surface area contributed by atoms with Crippen LogP contribution in [0.15, 0.2) is 47.6 Å².